The molecule has 2 unspecified atom stereocenters. The van der Waals surface area contributed by atoms with Crippen molar-refractivity contribution in [1.82, 2.24) is 25.7 Å². The van der Waals surface area contributed by atoms with Crippen molar-refractivity contribution >= 4 is 5.91 Å². The monoisotopic (exact) mass is 247 g/mol. The Labute approximate surface area is 106 Å². The zero-order chi connectivity index (χ0) is 12.5. The Hall–Kier alpha value is -1.53. The number of carbonyl (C=O) groups excluding carboxylic acids is 1. The molecule has 0 bridgehead atoms. The largest absolute Gasteiger partial charge is 0.336 e. The van der Waals surface area contributed by atoms with Crippen molar-refractivity contribution in [2.75, 3.05) is 19.6 Å². The summed E-state index contributed by atoms with van der Waals surface area (Å²) in [6.07, 6.45) is 4.65. The molecule has 3 rings (SSSR count). The lowest BCUT2D eigenvalue weighted by molar-refractivity contribution is 0.0394. The third-order valence-electron chi connectivity index (χ3n) is 3.79. The van der Waals surface area contributed by atoms with Crippen molar-refractivity contribution in [3.63, 3.8) is 0 Å². The van der Waals surface area contributed by atoms with Crippen LogP contribution in [0.15, 0.2) is 18.6 Å². The predicted octanol–water partition coefficient (Wildman–Crippen LogP) is -0.339. The minimum Gasteiger partial charge on any atom is -0.336 e. The van der Waals surface area contributed by atoms with Crippen molar-refractivity contribution in [2.24, 2.45) is 11.8 Å². The highest BCUT2D eigenvalue weighted by Gasteiger charge is 2.40. The van der Waals surface area contributed by atoms with Gasteiger partial charge in [0, 0.05) is 44.0 Å². The molecule has 2 fully saturated rings. The van der Waals surface area contributed by atoms with Crippen LogP contribution in [0.3, 0.4) is 0 Å². The number of likely N-dealkylation sites (tertiary alicyclic amines) is 1. The van der Waals surface area contributed by atoms with Crippen molar-refractivity contribution in [2.45, 2.75) is 13.0 Å². The van der Waals surface area contributed by atoms with Crippen molar-refractivity contribution in [3.8, 4) is 0 Å². The molecule has 0 aliphatic carbocycles. The Bertz CT molecular complexity index is 431. The number of hydrogen-bond acceptors (Lipinski definition) is 5. The number of hydrogen-bond donors (Lipinski definition) is 2. The van der Waals surface area contributed by atoms with E-state index < -0.39 is 0 Å². The third kappa shape index (κ3) is 1.97. The van der Waals surface area contributed by atoms with Gasteiger partial charge in [0.05, 0.1) is 6.20 Å². The minimum atomic E-state index is -0.0158. The van der Waals surface area contributed by atoms with E-state index in [1.165, 1.54) is 6.20 Å². The zero-order valence-corrected chi connectivity index (χ0v) is 10.3. The van der Waals surface area contributed by atoms with E-state index >= 15 is 0 Å². The summed E-state index contributed by atoms with van der Waals surface area (Å²) in [4.78, 5) is 21.9. The first-order chi connectivity index (χ1) is 8.75. The van der Waals surface area contributed by atoms with Gasteiger partial charge in [-0.3, -0.25) is 20.6 Å². The number of nitrogens with one attached hydrogen (secondary N) is 2. The molecule has 2 saturated heterocycles. The van der Waals surface area contributed by atoms with Gasteiger partial charge in [-0.2, -0.15) is 0 Å². The van der Waals surface area contributed by atoms with Gasteiger partial charge in [-0.1, -0.05) is 6.92 Å². The van der Waals surface area contributed by atoms with Gasteiger partial charge in [0.15, 0.2) is 0 Å². The van der Waals surface area contributed by atoms with Crippen LogP contribution in [0.5, 0.6) is 0 Å². The molecule has 2 aliphatic heterocycles. The second-order valence-electron chi connectivity index (χ2n) is 5.09. The summed E-state index contributed by atoms with van der Waals surface area (Å²) in [6.45, 7) is 4.84. The smallest absolute Gasteiger partial charge is 0.274 e. The van der Waals surface area contributed by atoms with Crippen LogP contribution in [0.4, 0.5) is 0 Å². The fraction of sp³-hybridized carbons (Fsp3) is 0.583. The fourth-order valence-corrected chi connectivity index (χ4v) is 2.67. The highest BCUT2D eigenvalue weighted by atomic mass is 16.2. The Morgan fingerprint density at radius 1 is 1.44 bits per heavy atom. The standard InChI is InChI=1S/C12H17N5O/c1-8-4-15-16-11(8)9-6-17(7-9)12(18)10-5-13-2-3-14-10/h2-3,5,8-9,11,15-16H,4,6-7H2,1H3. The van der Waals surface area contributed by atoms with Crippen LogP contribution in [-0.4, -0.2) is 46.5 Å². The summed E-state index contributed by atoms with van der Waals surface area (Å²) in [6, 6.07) is 0.468. The number of carbonyl (C=O) groups is 1. The maximum Gasteiger partial charge on any atom is 0.274 e. The fourth-order valence-electron chi connectivity index (χ4n) is 2.67. The summed E-state index contributed by atoms with van der Waals surface area (Å²) in [5.41, 5.74) is 6.89. The van der Waals surface area contributed by atoms with E-state index in [1.807, 2.05) is 4.90 Å². The quantitative estimate of drug-likeness (QED) is 0.748. The van der Waals surface area contributed by atoms with Crippen LogP contribution in [0.2, 0.25) is 0 Å². The number of nitrogens with zero attached hydrogens (tertiary/aromatic N) is 3. The molecule has 6 nitrogen and oxygen atoms in total. The number of aromatic nitrogens is 2. The number of rotatable bonds is 2. The average molecular weight is 247 g/mol. The summed E-state index contributed by atoms with van der Waals surface area (Å²) in [5.74, 6) is 1.14. The first-order valence-electron chi connectivity index (χ1n) is 6.29. The number of amides is 1. The van der Waals surface area contributed by atoms with Crippen LogP contribution in [-0.2, 0) is 0 Å². The molecule has 18 heavy (non-hydrogen) atoms. The third-order valence-corrected chi connectivity index (χ3v) is 3.79. The Kier molecular flexibility index (Phi) is 2.97. The van der Waals surface area contributed by atoms with E-state index in [2.05, 4.69) is 27.7 Å². The second kappa shape index (κ2) is 4.62. The molecule has 0 radical (unpaired) electrons. The van der Waals surface area contributed by atoms with Gasteiger partial charge in [-0.25, -0.2) is 4.98 Å². The molecule has 1 aromatic heterocycles. The molecule has 0 spiro atoms. The molecule has 1 aromatic rings. The number of hydrazine groups is 1. The Morgan fingerprint density at radius 2 is 2.28 bits per heavy atom. The molecule has 2 N–H and O–H groups in total. The SMILES string of the molecule is CC1CNNC1C1CN(C(=O)c2cnccn2)C1. The average Bonchev–Trinajstić information content (AvgIpc) is 2.75. The maximum absolute atomic E-state index is 12.1. The molecular formula is C12H17N5O. The molecule has 6 heteroatoms. The molecule has 1 amide bonds. The zero-order valence-electron chi connectivity index (χ0n) is 10.3. The summed E-state index contributed by atoms with van der Waals surface area (Å²) >= 11 is 0. The lowest BCUT2D eigenvalue weighted by Crippen LogP contribution is -2.58. The van der Waals surface area contributed by atoms with Crippen molar-refractivity contribution < 1.29 is 4.79 Å². The van der Waals surface area contributed by atoms with E-state index in [-0.39, 0.29) is 5.91 Å². The first-order valence-corrected chi connectivity index (χ1v) is 6.29. The molecule has 2 atom stereocenters. The molecule has 96 valence electrons. The molecular weight excluding hydrogens is 230 g/mol. The normalized spacial score (nSPS) is 28.2. The lowest BCUT2D eigenvalue weighted by Gasteiger charge is -2.43. The van der Waals surface area contributed by atoms with Gasteiger partial charge in [0.2, 0.25) is 0 Å². The van der Waals surface area contributed by atoms with Gasteiger partial charge in [-0.15, -0.1) is 0 Å². The Morgan fingerprint density at radius 3 is 2.89 bits per heavy atom. The topological polar surface area (TPSA) is 70.2 Å². The summed E-state index contributed by atoms with van der Waals surface area (Å²) in [5, 5.41) is 0. The van der Waals surface area contributed by atoms with Crippen LogP contribution in [0, 0.1) is 11.8 Å². The highest BCUT2D eigenvalue weighted by Crippen LogP contribution is 2.26. The van der Waals surface area contributed by atoms with E-state index in [1.54, 1.807) is 12.4 Å². The molecule has 0 aromatic carbocycles. The van der Waals surface area contributed by atoms with Crippen LogP contribution < -0.4 is 10.9 Å². The highest BCUT2D eigenvalue weighted by molar-refractivity contribution is 5.92. The summed E-state index contributed by atoms with van der Waals surface area (Å²) in [7, 11) is 0. The van der Waals surface area contributed by atoms with E-state index in [4.69, 9.17) is 0 Å². The molecule has 0 saturated carbocycles. The maximum atomic E-state index is 12.1. The van der Waals surface area contributed by atoms with Gasteiger partial charge >= 0.3 is 0 Å². The van der Waals surface area contributed by atoms with Crippen LogP contribution in [0.1, 0.15) is 17.4 Å². The van der Waals surface area contributed by atoms with Gasteiger partial charge in [0.1, 0.15) is 5.69 Å². The van der Waals surface area contributed by atoms with Crippen molar-refractivity contribution in [3.05, 3.63) is 24.3 Å². The predicted molar refractivity (Wildman–Crippen MR) is 65.5 cm³/mol. The van der Waals surface area contributed by atoms with E-state index in [9.17, 15) is 4.79 Å². The molecule has 2 aliphatic rings. The van der Waals surface area contributed by atoms with Crippen LogP contribution in [0.25, 0.3) is 0 Å². The van der Waals surface area contributed by atoms with Gasteiger partial charge in [0.25, 0.3) is 5.91 Å². The van der Waals surface area contributed by atoms with Crippen LogP contribution >= 0.6 is 0 Å². The van der Waals surface area contributed by atoms with Gasteiger partial charge in [-0.05, 0) is 5.92 Å². The van der Waals surface area contributed by atoms with Crippen molar-refractivity contribution in [1.29, 1.82) is 0 Å². The van der Waals surface area contributed by atoms with E-state index in [0.717, 1.165) is 19.6 Å². The van der Waals surface area contributed by atoms with E-state index in [0.29, 0.717) is 23.6 Å². The molecule has 3 heterocycles. The minimum absolute atomic E-state index is 0.0158. The summed E-state index contributed by atoms with van der Waals surface area (Å²) < 4.78 is 0. The lowest BCUT2D eigenvalue weighted by atomic mass is 9.85. The first kappa shape index (κ1) is 11.6. The Balaban J connectivity index is 1.57. The van der Waals surface area contributed by atoms with Gasteiger partial charge < -0.3 is 4.90 Å². The second-order valence-corrected chi connectivity index (χ2v) is 5.09.